The highest BCUT2D eigenvalue weighted by atomic mass is 32.2. The number of carbonyl (C=O) groups is 1. The third-order valence-corrected chi connectivity index (χ3v) is 8.51. The van der Waals surface area contributed by atoms with Gasteiger partial charge < -0.3 is 10.4 Å². The van der Waals surface area contributed by atoms with Gasteiger partial charge in [-0.05, 0) is 64.2 Å². The molecule has 2 unspecified atom stereocenters. The topological polar surface area (TPSA) is 104 Å². The summed E-state index contributed by atoms with van der Waals surface area (Å²) in [5.74, 6) is -1.01. The molecule has 0 bridgehead atoms. The predicted molar refractivity (Wildman–Crippen MR) is 188 cm³/mol. The minimum atomic E-state index is -4.35. The van der Waals surface area contributed by atoms with Crippen LogP contribution in [0, 0.1) is 0 Å². The van der Waals surface area contributed by atoms with E-state index in [4.69, 9.17) is 0 Å². The number of carbonyl (C=O) groups excluding carboxylic acids is 1. The normalized spacial score (nSPS) is 14.0. The van der Waals surface area contributed by atoms with Crippen molar-refractivity contribution in [3.8, 4) is 0 Å². The number of allylic oxidation sites excluding steroid dienone is 7. The monoisotopic (exact) mass is 637 g/mol. The molecule has 1 amide bonds. The van der Waals surface area contributed by atoms with Gasteiger partial charge in [-0.1, -0.05) is 140 Å². The number of aliphatic hydroxyl groups excluding tert-OH is 1. The Bertz CT molecular complexity index is 878. The molecule has 0 heterocycles. The van der Waals surface area contributed by atoms with Crippen LogP contribution in [-0.2, 0) is 14.9 Å². The molecule has 0 radical (unpaired) electrons. The summed E-state index contributed by atoms with van der Waals surface area (Å²) in [6, 6.07) is -1.08. The van der Waals surface area contributed by atoms with Crippen LogP contribution in [0.5, 0.6) is 0 Å². The Kier molecular flexibility index (Phi) is 30.1. The molecule has 0 aromatic rings. The lowest BCUT2D eigenvalue weighted by Crippen LogP contribution is -2.46. The predicted octanol–water partition coefficient (Wildman–Crippen LogP) is 9.96. The number of aliphatic hydroxyl groups is 1. The Balaban J connectivity index is 4.05. The Morgan fingerprint density at radius 1 is 0.614 bits per heavy atom. The van der Waals surface area contributed by atoms with E-state index in [1.165, 1.54) is 89.5 Å². The van der Waals surface area contributed by atoms with Crippen LogP contribution in [0.2, 0.25) is 0 Å². The molecule has 44 heavy (non-hydrogen) atoms. The van der Waals surface area contributed by atoms with Gasteiger partial charge in [0.05, 0.1) is 17.9 Å². The second kappa shape index (κ2) is 31.3. The summed E-state index contributed by atoms with van der Waals surface area (Å²) in [5.41, 5.74) is 0. The lowest BCUT2D eigenvalue weighted by Gasteiger charge is -2.21. The van der Waals surface area contributed by atoms with Crippen LogP contribution < -0.4 is 5.32 Å². The fraction of sp³-hybridized carbons (Fsp3) is 0.757. The number of hydrogen-bond acceptors (Lipinski definition) is 4. The van der Waals surface area contributed by atoms with Gasteiger partial charge in [0.2, 0.25) is 5.91 Å². The van der Waals surface area contributed by atoms with Crippen LogP contribution in [0.4, 0.5) is 0 Å². The number of nitrogens with one attached hydrogen (secondary N) is 1. The molecule has 0 saturated carbocycles. The van der Waals surface area contributed by atoms with Gasteiger partial charge in [0, 0.05) is 6.42 Å². The lowest BCUT2D eigenvalue weighted by atomic mass is 10.1. The molecule has 2 atom stereocenters. The van der Waals surface area contributed by atoms with E-state index in [0.717, 1.165) is 51.4 Å². The first-order chi connectivity index (χ1) is 21.3. The summed E-state index contributed by atoms with van der Waals surface area (Å²) in [6.45, 7) is 4.45. The molecular weight excluding hydrogens is 570 g/mol. The summed E-state index contributed by atoms with van der Waals surface area (Å²) >= 11 is 0. The average Bonchev–Trinajstić information content (AvgIpc) is 2.98. The first-order valence-corrected chi connectivity index (χ1v) is 19.4. The van der Waals surface area contributed by atoms with Crippen LogP contribution in [0.15, 0.2) is 48.6 Å². The molecule has 7 heteroatoms. The van der Waals surface area contributed by atoms with Crippen molar-refractivity contribution in [1.82, 2.24) is 5.32 Å². The van der Waals surface area contributed by atoms with Crippen LogP contribution in [0.3, 0.4) is 0 Å². The van der Waals surface area contributed by atoms with Crippen molar-refractivity contribution in [3.63, 3.8) is 0 Å². The zero-order chi connectivity index (χ0) is 32.6. The highest BCUT2D eigenvalue weighted by Gasteiger charge is 2.24. The van der Waals surface area contributed by atoms with Gasteiger partial charge in [0.1, 0.15) is 0 Å². The Morgan fingerprint density at radius 2 is 1.05 bits per heavy atom. The highest BCUT2D eigenvalue weighted by Crippen LogP contribution is 2.11. The molecule has 0 aromatic carbocycles. The first kappa shape index (κ1) is 42.3. The fourth-order valence-corrected chi connectivity index (χ4v) is 5.76. The molecule has 0 aliphatic rings. The van der Waals surface area contributed by atoms with Crippen molar-refractivity contribution < 1.29 is 22.9 Å². The first-order valence-electron chi connectivity index (χ1n) is 17.8. The van der Waals surface area contributed by atoms with Crippen molar-refractivity contribution in [1.29, 1.82) is 0 Å². The van der Waals surface area contributed by atoms with E-state index in [1.54, 1.807) is 6.08 Å². The molecule has 0 aromatic heterocycles. The van der Waals surface area contributed by atoms with Crippen molar-refractivity contribution >= 4 is 16.0 Å². The molecule has 6 nitrogen and oxygen atoms in total. The molecule has 0 saturated heterocycles. The third-order valence-electron chi connectivity index (χ3n) is 7.73. The van der Waals surface area contributed by atoms with Crippen molar-refractivity contribution in [3.05, 3.63) is 48.6 Å². The van der Waals surface area contributed by atoms with E-state index in [2.05, 4.69) is 55.6 Å². The zero-order valence-corrected chi connectivity index (χ0v) is 29.1. The van der Waals surface area contributed by atoms with Gasteiger partial charge in [-0.15, -0.1) is 0 Å². The molecular formula is C37H67NO5S. The number of rotatable bonds is 31. The van der Waals surface area contributed by atoms with E-state index in [-0.39, 0.29) is 12.3 Å². The van der Waals surface area contributed by atoms with Crippen LogP contribution >= 0.6 is 0 Å². The van der Waals surface area contributed by atoms with Crippen molar-refractivity contribution in [2.24, 2.45) is 0 Å². The number of hydrogen-bond donors (Lipinski definition) is 3. The maximum Gasteiger partial charge on any atom is 0.267 e. The smallest absolute Gasteiger partial charge is 0.267 e. The second-order valence-electron chi connectivity index (χ2n) is 12.1. The lowest BCUT2D eigenvalue weighted by molar-refractivity contribution is -0.122. The van der Waals surface area contributed by atoms with E-state index in [1.807, 2.05) is 0 Å². The van der Waals surface area contributed by atoms with E-state index >= 15 is 0 Å². The highest BCUT2D eigenvalue weighted by molar-refractivity contribution is 7.85. The molecule has 0 spiro atoms. The van der Waals surface area contributed by atoms with E-state index in [0.29, 0.717) is 6.42 Å². The van der Waals surface area contributed by atoms with Gasteiger partial charge in [-0.2, -0.15) is 8.42 Å². The number of unbranched alkanes of at least 4 members (excludes halogenated alkanes) is 17. The fourth-order valence-electron chi connectivity index (χ4n) is 5.02. The summed E-state index contributed by atoms with van der Waals surface area (Å²) in [7, 11) is -4.35. The molecule has 0 rings (SSSR count). The van der Waals surface area contributed by atoms with E-state index in [9.17, 15) is 22.9 Å². The van der Waals surface area contributed by atoms with Crippen LogP contribution in [-0.4, -0.2) is 41.9 Å². The van der Waals surface area contributed by atoms with Gasteiger partial charge in [0.25, 0.3) is 10.1 Å². The summed E-state index contributed by atoms with van der Waals surface area (Å²) < 4.78 is 32.3. The molecule has 0 fully saturated rings. The van der Waals surface area contributed by atoms with E-state index < -0.39 is 28.0 Å². The summed E-state index contributed by atoms with van der Waals surface area (Å²) in [5, 5.41) is 13.1. The third kappa shape index (κ3) is 31.7. The van der Waals surface area contributed by atoms with Crippen molar-refractivity contribution in [2.75, 3.05) is 5.75 Å². The summed E-state index contributed by atoms with van der Waals surface area (Å²) in [4.78, 5) is 12.4. The SMILES string of the molecule is CCCCC/C=C\C/C=C\CCCCCCCCCC(=O)NC(CS(=O)(=O)O)C(O)/C=C/CC/C=C/CCCCCCCC. The molecule has 0 aliphatic heterocycles. The average molecular weight is 638 g/mol. The maximum atomic E-state index is 12.4. The second-order valence-corrected chi connectivity index (χ2v) is 13.6. The van der Waals surface area contributed by atoms with Crippen molar-refractivity contribution in [2.45, 2.75) is 174 Å². The summed E-state index contributed by atoms with van der Waals surface area (Å²) in [6.07, 6.45) is 40.9. The molecule has 3 N–H and O–H groups in total. The zero-order valence-electron chi connectivity index (χ0n) is 28.3. The van der Waals surface area contributed by atoms with Gasteiger partial charge in [0.15, 0.2) is 0 Å². The molecule has 256 valence electrons. The van der Waals surface area contributed by atoms with Gasteiger partial charge in [-0.3, -0.25) is 9.35 Å². The Hall–Kier alpha value is -1.70. The minimum Gasteiger partial charge on any atom is -0.387 e. The Morgan fingerprint density at radius 3 is 1.61 bits per heavy atom. The standard InChI is InChI=1S/C37H67NO5S/c1-3-5-7-9-11-13-15-17-18-19-20-21-23-25-27-29-31-33-37(40)38-35(34-44(41,42)43)36(39)32-30-28-26-24-22-16-14-12-10-8-6-4-2/h11,13,17-18,22,24,30,32,35-36,39H,3-10,12,14-16,19-21,23,25-29,31,33-34H2,1-2H3,(H,38,40)(H,41,42,43)/b13-11-,18-17-,24-22+,32-30+. The number of amides is 1. The van der Waals surface area contributed by atoms with Gasteiger partial charge >= 0.3 is 0 Å². The van der Waals surface area contributed by atoms with Crippen LogP contribution in [0.1, 0.15) is 162 Å². The van der Waals surface area contributed by atoms with Gasteiger partial charge in [-0.25, -0.2) is 0 Å². The maximum absolute atomic E-state index is 12.4. The minimum absolute atomic E-state index is 0.277. The molecule has 0 aliphatic carbocycles. The quantitative estimate of drug-likeness (QED) is 0.0399. The largest absolute Gasteiger partial charge is 0.387 e. The van der Waals surface area contributed by atoms with Crippen LogP contribution in [0.25, 0.3) is 0 Å². The Labute approximate surface area is 271 Å².